The second kappa shape index (κ2) is 14.3. The van der Waals surface area contributed by atoms with Gasteiger partial charge in [0.05, 0.1) is 19.5 Å². The van der Waals surface area contributed by atoms with Crippen molar-refractivity contribution in [3.05, 3.63) is 24.2 Å². The van der Waals surface area contributed by atoms with Gasteiger partial charge in [0.25, 0.3) is 0 Å². The molecule has 0 aromatic carbocycles. The molecule has 0 radical (unpaired) electrons. The first kappa shape index (κ1) is 23.2. The molecule has 1 saturated heterocycles. The number of rotatable bonds is 11. The van der Waals surface area contributed by atoms with E-state index in [1.807, 2.05) is 12.1 Å². The van der Waals surface area contributed by atoms with Crippen molar-refractivity contribution in [2.24, 2.45) is 16.8 Å². The first-order valence-corrected chi connectivity index (χ1v) is 9.44. The fourth-order valence-corrected chi connectivity index (χ4v) is 2.54. The Kier molecular flexibility index (Phi) is 12.8. The summed E-state index contributed by atoms with van der Waals surface area (Å²) in [7, 11) is 0. The third-order valence-electron chi connectivity index (χ3n) is 4.15. The number of furan rings is 1. The zero-order valence-corrected chi connectivity index (χ0v) is 18.4. The molecular weight excluding hydrogens is 445 g/mol. The average molecular weight is 479 g/mol. The van der Waals surface area contributed by atoms with Crippen molar-refractivity contribution in [1.82, 2.24) is 10.6 Å². The topological polar surface area (TPSA) is 68.0 Å². The minimum absolute atomic E-state index is 0. The van der Waals surface area contributed by atoms with Crippen LogP contribution >= 0.6 is 24.0 Å². The molecule has 7 heteroatoms. The number of halogens is 1. The van der Waals surface area contributed by atoms with Crippen LogP contribution in [0.2, 0.25) is 0 Å². The molecule has 1 aromatic rings. The third-order valence-corrected chi connectivity index (χ3v) is 4.15. The van der Waals surface area contributed by atoms with Crippen molar-refractivity contribution in [3.8, 4) is 0 Å². The maximum atomic E-state index is 5.66. The SMILES string of the molecule is CC(C)CCOCCNC(=NCC1CCOC1)NCCc1ccco1.I. The summed E-state index contributed by atoms with van der Waals surface area (Å²) in [5.41, 5.74) is 0. The summed E-state index contributed by atoms with van der Waals surface area (Å²) in [5, 5.41) is 6.73. The summed E-state index contributed by atoms with van der Waals surface area (Å²) < 4.78 is 16.4. The summed E-state index contributed by atoms with van der Waals surface area (Å²) in [4.78, 5) is 4.70. The molecule has 6 nitrogen and oxygen atoms in total. The lowest BCUT2D eigenvalue weighted by atomic mass is 10.1. The van der Waals surface area contributed by atoms with E-state index in [9.17, 15) is 0 Å². The van der Waals surface area contributed by atoms with E-state index in [4.69, 9.17) is 18.9 Å². The van der Waals surface area contributed by atoms with Gasteiger partial charge in [0.1, 0.15) is 5.76 Å². The molecule has 2 N–H and O–H groups in total. The standard InChI is InChI=1S/C19H33N3O3.HI/c1-16(2)6-11-23-13-9-21-19(22-14-17-7-12-24-15-17)20-8-5-18-4-3-10-25-18;/h3-4,10,16-17H,5-9,11-15H2,1-2H3,(H2,20,21,22);1H. The molecule has 0 bridgehead atoms. The van der Waals surface area contributed by atoms with Crippen LogP contribution in [0.1, 0.15) is 32.4 Å². The maximum absolute atomic E-state index is 5.66. The smallest absolute Gasteiger partial charge is 0.191 e. The Labute approximate surface area is 174 Å². The van der Waals surface area contributed by atoms with Crippen molar-refractivity contribution >= 4 is 29.9 Å². The van der Waals surface area contributed by atoms with Crippen LogP contribution in [0.4, 0.5) is 0 Å². The predicted octanol–water partition coefficient (Wildman–Crippen LogP) is 3.07. The molecule has 0 spiro atoms. The van der Waals surface area contributed by atoms with Crippen LogP contribution in [-0.2, 0) is 15.9 Å². The summed E-state index contributed by atoms with van der Waals surface area (Å²) in [6, 6.07) is 3.90. The van der Waals surface area contributed by atoms with Gasteiger partial charge in [-0.3, -0.25) is 4.99 Å². The Morgan fingerprint density at radius 3 is 2.85 bits per heavy atom. The van der Waals surface area contributed by atoms with Gasteiger partial charge in [-0.2, -0.15) is 0 Å². The van der Waals surface area contributed by atoms with Crippen molar-refractivity contribution < 1.29 is 13.9 Å². The first-order valence-electron chi connectivity index (χ1n) is 9.44. The quantitative estimate of drug-likeness (QED) is 0.221. The molecule has 1 aromatic heterocycles. The van der Waals surface area contributed by atoms with E-state index in [-0.39, 0.29) is 24.0 Å². The van der Waals surface area contributed by atoms with E-state index in [0.717, 1.165) is 70.4 Å². The Morgan fingerprint density at radius 1 is 1.31 bits per heavy atom. The Balaban J connectivity index is 0.00000338. The molecule has 26 heavy (non-hydrogen) atoms. The molecule has 1 fully saturated rings. The Hall–Kier alpha value is -0.800. The van der Waals surface area contributed by atoms with E-state index in [0.29, 0.717) is 18.4 Å². The fourth-order valence-electron chi connectivity index (χ4n) is 2.54. The largest absolute Gasteiger partial charge is 0.469 e. The highest BCUT2D eigenvalue weighted by Crippen LogP contribution is 2.12. The van der Waals surface area contributed by atoms with E-state index in [1.165, 1.54) is 0 Å². The lowest BCUT2D eigenvalue weighted by molar-refractivity contribution is 0.128. The molecule has 0 amide bonds. The molecule has 1 atom stereocenters. The molecule has 1 aliphatic heterocycles. The van der Waals surface area contributed by atoms with Crippen molar-refractivity contribution in [2.45, 2.75) is 33.1 Å². The predicted molar refractivity (Wildman–Crippen MR) is 115 cm³/mol. The van der Waals surface area contributed by atoms with Crippen LogP contribution in [0.15, 0.2) is 27.8 Å². The highest BCUT2D eigenvalue weighted by atomic mass is 127. The lowest BCUT2D eigenvalue weighted by Crippen LogP contribution is -2.40. The van der Waals surface area contributed by atoms with Gasteiger partial charge in [-0.25, -0.2) is 0 Å². The minimum Gasteiger partial charge on any atom is -0.469 e. The van der Waals surface area contributed by atoms with Gasteiger partial charge >= 0.3 is 0 Å². The number of guanidine groups is 1. The normalized spacial score (nSPS) is 17.3. The van der Waals surface area contributed by atoms with Gasteiger partial charge in [-0.05, 0) is 30.9 Å². The molecule has 2 heterocycles. The highest BCUT2D eigenvalue weighted by Gasteiger charge is 2.15. The van der Waals surface area contributed by atoms with Gasteiger partial charge in [-0.1, -0.05) is 13.8 Å². The van der Waals surface area contributed by atoms with Crippen LogP contribution in [0.25, 0.3) is 0 Å². The van der Waals surface area contributed by atoms with Crippen LogP contribution in [0.5, 0.6) is 0 Å². The molecular formula is C19H34IN3O3. The first-order chi connectivity index (χ1) is 12.2. The second-order valence-electron chi connectivity index (χ2n) is 6.90. The third kappa shape index (κ3) is 10.4. The second-order valence-corrected chi connectivity index (χ2v) is 6.90. The lowest BCUT2D eigenvalue weighted by Gasteiger charge is -2.14. The van der Waals surface area contributed by atoms with Crippen LogP contribution in [0, 0.1) is 11.8 Å². The number of ether oxygens (including phenoxy) is 2. The zero-order valence-electron chi connectivity index (χ0n) is 16.0. The van der Waals surface area contributed by atoms with E-state index in [1.54, 1.807) is 6.26 Å². The molecule has 1 aliphatic rings. The summed E-state index contributed by atoms with van der Waals surface area (Å²) in [6.45, 7) is 9.95. The number of hydrogen-bond acceptors (Lipinski definition) is 4. The number of aliphatic imine (C=N–C) groups is 1. The summed E-state index contributed by atoms with van der Waals surface area (Å²) >= 11 is 0. The minimum atomic E-state index is 0. The van der Waals surface area contributed by atoms with E-state index >= 15 is 0 Å². The number of nitrogens with zero attached hydrogens (tertiary/aromatic N) is 1. The Morgan fingerprint density at radius 2 is 2.15 bits per heavy atom. The van der Waals surface area contributed by atoms with Crippen molar-refractivity contribution in [2.75, 3.05) is 46.1 Å². The molecule has 150 valence electrons. The monoisotopic (exact) mass is 479 g/mol. The van der Waals surface area contributed by atoms with Gasteiger partial charge in [0, 0.05) is 45.2 Å². The Bertz CT molecular complexity index is 474. The van der Waals surface area contributed by atoms with Crippen LogP contribution in [0.3, 0.4) is 0 Å². The molecule has 0 aliphatic carbocycles. The van der Waals surface area contributed by atoms with Crippen molar-refractivity contribution in [1.29, 1.82) is 0 Å². The van der Waals surface area contributed by atoms with Gasteiger partial charge < -0.3 is 24.5 Å². The van der Waals surface area contributed by atoms with E-state index < -0.39 is 0 Å². The van der Waals surface area contributed by atoms with Crippen molar-refractivity contribution in [3.63, 3.8) is 0 Å². The maximum Gasteiger partial charge on any atom is 0.191 e. The van der Waals surface area contributed by atoms with E-state index in [2.05, 4.69) is 24.5 Å². The zero-order chi connectivity index (χ0) is 17.7. The van der Waals surface area contributed by atoms with Gasteiger partial charge in [-0.15, -0.1) is 24.0 Å². The average Bonchev–Trinajstić information content (AvgIpc) is 3.28. The summed E-state index contributed by atoms with van der Waals surface area (Å²) in [6.07, 6.45) is 4.74. The molecule has 2 rings (SSSR count). The van der Waals surface area contributed by atoms with Gasteiger partial charge in [0.15, 0.2) is 5.96 Å². The fraction of sp³-hybridized carbons (Fsp3) is 0.737. The highest BCUT2D eigenvalue weighted by molar-refractivity contribution is 14.0. The van der Waals surface area contributed by atoms with Crippen LogP contribution < -0.4 is 10.6 Å². The van der Waals surface area contributed by atoms with Crippen LogP contribution in [-0.4, -0.2) is 52.0 Å². The van der Waals surface area contributed by atoms with Gasteiger partial charge in [0.2, 0.25) is 0 Å². The summed E-state index contributed by atoms with van der Waals surface area (Å²) in [5.74, 6) is 3.03. The molecule has 0 saturated carbocycles. The number of nitrogens with one attached hydrogen (secondary N) is 2. The molecule has 1 unspecified atom stereocenters. The number of hydrogen-bond donors (Lipinski definition) is 2.